The van der Waals surface area contributed by atoms with Gasteiger partial charge in [0.15, 0.2) is 0 Å². The van der Waals surface area contributed by atoms with Crippen LogP contribution in [0.3, 0.4) is 0 Å². The summed E-state index contributed by atoms with van der Waals surface area (Å²) in [5.41, 5.74) is -0.460. The van der Waals surface area contributed by atoms with Crippen LogP contribution in [0.5, 0.6) is 0 Å². The fourth-order valence-corrected chi connectivity index (χ4v) is 4.89. The number of aliphatic hydroxyl groups excluding tert-OH is 2. The number of carbonyl (C=O) groups excluding carboxylic acids is 2. The Morgan fingerprint density at radius 1 is 1.36 bits per heavy atom. The molecule has 0 bridgehead atoms. The van der Waals surface area contributed by atoms with Crippen molar-refractivity contribution in [1.82, 2.24) is 10.6 Å². The lowest BCUT2D eigenvalue weighted by Gasteiger charge is -2.41. The Labute approximate surface area is 176 Å². The molecular weight excluding hydrogens is 404 g/mol. The van der Waals surface area contributed by atoms with Crippen LogP contribution in [0.25, 0.3) is 0 Å². The lowest BCUT2D eigenvalue weighted by atomic mass is 9.93. The number of thioether (sulfide) groups is 1. The summed E-state index contributed by atoms with van der Waals surface area (Å²) in [6.07, 6.45) is 4.59. The van der Waals surface area contributed by atoms with E-state index in [-0.39, 0.29) is 18.4 Å². The summed E-state index contributed by atoms with van der Waals surface area (Å²) in [5, 5.41) is 26.2. The molecule has 0 aromatic heterocycles. The van der Waals surface area contributed by atoms with Crippen LogP contribution in [-0.4, -0.2) is 76.4 Å². The standard InChI is InChI=1S/C19H33ClN2O5S/c1-11(20)16(17-14(24)10-15(25)19(27-17)28-2)22-18(26)13-6-5-12(4-3-9-23)7-8-21-13/h9,11-17,19,21,24-25H,3-8,10H2,1-2H3,(H,22,26)/t11?,12?,13?,14-,15?,16?,17?,19?/m0/s1. The normalized spacial score (nSPS) is 36.2. The molecule has 0 aromatic carbocycles. The Balaban J connectivity index is 1.97. The van der Waals surface area contributed by atoms with E-state index in [1.807, 2.05) is 6.26 Å². The van der Waals surface area contributed by atoms with Crippen LogP contribution in [0.15, 0.2) is 0 Å². The molecule has 2 fully saturated rings. The van der Waals surface area contributed by atoms with Gasteiger partial charge >= 0.3 is 0 Å². The van der Waals surface area contributed by atoms with Crippen molar-refractivity contribution in [3.8, 4) is 0 Å². The number of aliphatic hydroxyl groups is 2. The lowest BCUT2D eigenvalue weighted by Crippen LogP contribution is -2.60. The smallest absolute Gasteiger partial charge is 0.237 e. The zero-order valence-electron chi connectivity index (χ0n) is 16.6. The highest BCUT2D eigenvalue weighted by Crippen LogP contribution is 2.30. The fraction of sp³-hybridized carbons (Fsp3) is 0.895. The van der Waals surface area contributed by atoms with E-state index in [2.05, 4.69) is 10.6 Å². The molecule has 9 heteroatoms. The van der Waals surface area contributed by atoms with Crippen molar-refractivity contribution in [3.63, 3.8) is 0 Å². The Kier molecular flexibility index (Phi) is 10.00. The number of ether oxygens (including phenoxy) is 1. The molecule has 0 saturated carbocycles. The largest absolute Gasteiger partial charge is 0.390 e. The second-order valence-corrected chi connectivity index (χ2v) is 9.39. The highest BCUT2D eigenvalue weighted by molar-refractivity contribution is 7.99. The molecule has 8 atom stereocenters. The fourth-order valence-electron chi connectivity index (χ4n) is 4.02. The molecule has 2 rings (SSSR count). The molecule has 28 heavy (non-hydrogen) atoms. The minimum absolute atomic E-state index is 0.156. The molecule has 0 radical (unpaired) electrons. The van der Waals surface area contributed by atoms with Crippen LogP contribution in [0.4, 0.5) is 0 Å². The Hall–Kier alpha value is -0.380. The van der Waals surface area contributed by atoms with E-state index >= 15 is 0 Å². The Bertz CT molecular complexity index is 513. The number of hydrogen-bond donors (Lipinski definition) is 4. The number of carbonyl (C=O) groups is 2. The van der Waals surface area contributed by atoms with Gasteiger partial charge in [0.25, 0.3) is 0 Å². The first kappa shape index (κ1) is 23.9. The number of halogens is 1. The maximum Gasteiger partial charge on any atom is 0.237 e. The topological polar surface area (TPSA) is 108 Å². The molecule has 0 spiro atoms. The van der Waals surface area contributed by atoms with Crippen molar-refractivity contribution in [2.24, 2.45) is 5.92 Å². The molecule has 2 heterocycles. The van der Waals surface area contributed by atoms with Crippen LogP contribution in [0, 0.1) is 5.92 Å². The van der Waals surface area contributed by atoms with Gasteiger partial charge < -0.3 is 30.4 Å². The first-order valence-corrected chi connectivity index (χ1v) is 11.8. The summed E-state index contributed by atoms with van der Waals surface area (Å²) in [7, 11) is 0. The molecule has 7 unspecified atom stereocenters. The molecular formula is C19H33ClN2O5S. The number of amides is 1. The summed E-state index contributed by atoms with van der Waals surface area (Å²) in [5.74, 6) is 0.293. The summed E-state index contributed by atoms with van der Waals surface area (Å²) < 4.78 is 5.87. The van der Waals surface area contributed by atoms with Crippen molar-refractivity contribution in [1.29, 1.82) is 0 Å². The van der Waals surface area contributed by atoms with E-state index in [4.69, 9.17) is 16.3 Å². The Morgan fingerprint density at radius 2 is 2.11 bits per heavy atom. The summed E-state index contributed by atoms with van der Waals surface area (Å²) >= 11 is 7.71. The van der Waals surface area contributed by atoms with Gasteiger partial charge in [-0.3, -0.25) is 4.79 Å². The van der Waals surface area contributed by atoms with Crippen molar-refractivity contribution in [3.05, 3.63) is 0 Å². The highest BCUT2D eigenvalue weighted by atomic mass is 35.5. The van der Waals surface area contributed by atoms with Crippen molar-refractivity contribution >= 4 is 35.6 Å². The summed E-state index contributed by atoms with van der Waals surface area (Å²) in [6, 6.07) is -0.899. The third-order valence-electron chi connectivity index (χ3n) is 5.67. The van der Waals surface area contributed by atoms with E-state index in [1.165, 1.54) is 11.8 Å². The first-order valence-electron chi connectivity index (χ1n) is 10.0. The quantitative estimate of drug-likeness (QED) is 0.332. The average molecular weight is 437 g/mol. The van der Waals surface area contributed by atoms with Crippen LogP contribution in [0.1, 0.15) is 45.4 Å². The van der Waals surface area contributed by atoms with Crippen molar-refractivity contribution in [2.75, 3.05) is 12.8 Å². The van der Waals surface area contributed by atoms with Gasteiger partial charge in [0.05, 0.1) is 29.7 Å². The van der Waals surface area contributed by atoms with Gasteiger partial charge in [-0.2, -0.15) is 0 Å². The zero-order chi connectivity index (χ0) is 20.7. The number of aldehydes is 1. The van der Waals surface area contributed by atoms with Gasteiger partial charge in [0.1, 0.15) is 17.8 Å². The first-order chi connectivity index (χ1) is 13.4. The van der Waals surface area contributed by atoms with E-state index in [0.717, 1.165) is 32.1 Å². The molecule has 0 aromatic rings. The monoisotopic (exact) mass is 436 g/mol. The van der Waals surface area contributed by atoms with Crippen LogP contribution in [-0.2, 0) is 14.3 Å². The minimum atomic E-state index is -0.903. The number of alkyl halides is 1. The van der Waals surface area contributed by atoms with Crippen LogP contribution >= 0.6 is 23.4 Å². The Morgan fingerprint density at radius 3 is 2.75 bits per heavy atom. The van der Waals surface area contributed by atoms with E-state index in [9.17, 15) is 19.8 Å². The van der Waals surface area contributed by atoms with Crippen molar-refractivity contribution < 1.29 is 24.5 Å². The molecule has 4 N–H and O–H groups in total. The van der Waals surface area contributed by atoms with E-state index in [0.29, 0.717) is 18.8 Å². The van der Waals surface area contributed by atoms with Crippen LogP contribution < -0.4 is 10.6 Å². The third kappa shape index (κ3) is 6.57. The van der Waals surface area contributed by atoms with Gasteiger partial charge in [-0.15, -0.1) is 23.4 Å². The van der Waals surface area contributed by atoms with Gasteiger partial charge in [0, 0.05) is 12.8 Å². The van der Waals surface area contributed by atoms with Gasteiger partial charge in [0.2, 0.25) is 5.91 Å². The van der Waals surface area contributed by atoms with Gasteiger partial charge in [-0.05, 0) is 51.3 Å². The van der Waals surface area contributed by atoms with Crippen molar-refractivity contribution in [2.45, 2.75) is 86.7 Å². The third-order valence-corrected chi connectivity index (χ3v) is 6.84. The molecule has 2 saturated heterocycles. The molecule has 1 amide bonds. The molecule has 162 valence electrons. The lowest BCUT2D eigenvalue weighted by molar-refractivity contribution is -0.151. The minimum Gasteiger partial charge on any atom is -0.390 e. The molecule has 2 aliphatic heterocycles. The van der Waals surface area contributed by atoms with Gasteiger partial charge in [-0.1, -0.05) is 0 Å². The second-order valence-electron chi connectivity index (χ2n) is 7.77. The highest BCUT2D eigenvalue weighted by Gasteiger charge is 2.42. The maximum absolute atomic E-state index is 12.9. The number of nitrogens with one attached hydrogen (secondary N) is 2. The molecule has 7 nitrogen and oxygen atoms in total. The zero-order valence-corrected chi connectivity index (χ0v) is 18.1. The second kappa shape index (κ2) is 11.7. The average Bonchev–Trinajstić information content (AvgIpc) is 2.90. The summed E-state index contributed by atoms with van der Waals surface area (Å²) in [4.78, 5) is 23.5. The molecule has 0 aliphatic carbocycles. The van der Waals surface area contributed by atoms with E-state index in [1.54, 1.807) is 6.92 Å². The SMILES string of the molecule is CSC1OC(C(NC(=O)C2CCC(CCC=O)CCN2)C(C)Cl)[C@@H](O)CC1O. The maximum atomic E-state index is 12.9. The van der Waals surface area contributed by atoms with E-state index < -0.39 is 35.2 Å². The number of hydrogen-bond acceptors (Lipinski definition) is 7. The molecule has 2 aliphatic rings. The summed E-state index contributed by atoms with van der Waals surface area (Å²) in [6.45, 7) is 2.49. The predicted molar refractivity (Wildman–Crippen MR) is 110 cm³/mol. The van der Waals surface area contributed by atoms with Crippen LogP contribution in [0.2, 0.25) is 0 Å². The van der Waals surface area contributed by atoms with Gasteiger partial charge in [-0.25, -0.2) is 0 Å². The number of rotatable bonds is 8. The predicted octanol–water partition coefficient (Wildman–Crippen LogP) is 1.04.